The monoisotopic (exact) mass is 431 g/mol. The zero-order valence-electron chi connectivity index (χ0n) is 9.75. The Kier molecular flexibility index (Phi) is 4.64. The molecular formula is C14H12Br3N. The Morgan fingerprint density at radius 1 is 0.944 bits per heavy atom. The molecule has 2 rings (SSSR count). The minimum absolute atomic E-state index is 0.145. The van der Waals surface area contributed by atoms with Gasteiger partial charge in [-0.25, -0.2) is 0 Å². The van der Waals surface area contributed by atoms with Crippen molar-refractivity contribution in [3.63, 3.8) is 0 Å². The smallest absolute Gasteiger partial charge is 0.0563 e. The van der Waals surface area contributed by atoms with Crippen molar-refractivity contribution >= 4 is 47.8 Å². The highest BCUT2D eigenvalue weighted by atomic mass is 79.9. The summed E-state index contributed by atoms with van der Waals surface area (Å²) in [6, 6.07) is 12.1. The number of hydrogen-bond donors (Lipinski definition) is 1. The second kappa shape index (κ2) is 5.87. The average molecular weight is 434 g/mol. The van der Waals surface area contributed by atoms with Gasteiger partial charge >= 0.3 is 0 Å². The van der Waals surface area contributed by atoms with Crippen molar-refractivity contribution in [1.82, 2.24) is 0 Å². The van der Waals surface area contributed by atoms with Crippen molar-refractivity contribution in [2.75, 3.05) is 0 Å². The normalized spacial score (nSPS) is 12.5. The second-order valence-corrected chi connectivity index (χ2v) is 6.89. The summed E-state index contributed by atoms with van der Waals surface area (Å²) in [5, 5.41) is 0. The van der Waals surface area contributed by atoms with Crippen molar-refractivity contribution in [2.24, 2.45) is 5.73 Å². The number of aryl methyl sites for hydroxylation is 1. The lowest BCUT2D eigenvalue weighted by atomic mass is 9.98. The van der Waals surface area contributed by atoms with E-state index >= 15 is 0 Å². The van der Waals surface area contributed by atoms with Crippen LogP contribution in [0.5, 0.6) is 0 Å². The Bertz CT molecular complexity index is 561. The molecule has 1 atom stereocenters. The molecule has 0 amide bonds. The Morgan fingerprint density at radius 2 is 1.67 bits per heavy atom. The number of nitrogens with two attached hydrogens (primary N) is 1. The molecule has 0 heterocycles. The summed E-state index contributed by atoms with van der Waals surface area (Å²) in [5.41, 5.74) is 9.72. The molecule has 4 heteroatoms. The lowest BCUT2D eigenvalue weighted by Gasteiger charge is -2.16. The van der Waals surface area contributed by atoms with Crippen LogP contribution in [-0.4, -0.2) is 0 Å². The minimum Gasteiger partial charge on any atom is -0.320 e. The summed E-state index contributed by atoms with van der Waals surface area (Å²) in [7, 11) is 0. The first-order valence-electron chi connectivity index (χ1n) is 5.45. The van der Waals surface area contributed by atoms with E-state index in [1.54, 1.807) is 0 Å². The van der Waals surface area contributed by atoms with Crippen LogP contribution in [-0.2, 0) is 0 Å². The number of hydrogen-bond acceptors (Lipinski definition) is 1. The van der Waals surface area contributed by atoms with Gasteiger partial charge in [0.15, 0.2) is 0 Å². The summed E-state index contributed by atoms with van der Waals surface area (Å²) >= 11 is 10.5. The molecular weight excluding hydrogens is 422 g/mol. The van der Waals surface area contributed by atoms with Crippen molar-refractivity contribution in [3.8, 4) is 0 Å². The standard InChI is InChI=1S/C14H12Br3N/c1-8-4-9(6-11(16)5-8)14(18)12-7-10(15)2-3-13(12)17/h2-7,14H,18H2,1H3. The average Bonchev–Trinajstić information content (AvgIpc) is 2.30. The van der Waals surface area contributed by atoms with Gasteiger partial charge in [0, 0.05) is 13.4 Å². The molecule has 2 aromatic carbocycles. The SMILES string of the molecule is Cc1cc(Br)cc(C(N)c2cc(Br)ccc2Br)c1. The van der Waals surface area contributed by atoms with Gasteiger partial charge in [-0.15, -0.1) is 0 Å². The van der Waals surface area contributed by atoms with Crippen LogP contribution < -0.4 is 5.73 Å². The summed E-state index contributed by atoms with van der Waals surface area (Å²) in [6.07, 6.45) is 0. The third kappa shape index (κ3) is 3.23. The molecule has 2 N–H and O–H groups in total. The van der Waals surface area contributed by atoms with Crippen LogP contribution in [0.2, 0.25) is 0 Å². The largest absolute Gasteiger partial charge is 0.320 e. The van der Waals surface area contributed by atoms with E-state index < -0.39 is 0 Å². The lowest BCUT2D eigenvalue weighted by molar-refractivity contribution is 0.862. The molecule has 0 saturated carbocycles. The van der Waals surface area contributed by atoms with Crippen LogP contribution in [0.1, 0.15) is 22.7 Å². The Hall–Kier alpha value is -0.160. The van der Waals surface area contributed by atoms with E-state index in [2.05, 4.69) is 72.9 Å². The van der Waals surface area contributed by atoms with Gasteiger partial charge in [-0.1, -0.05) is 53.9 Å². The van der Waals surface area contributed by atoms with Crippen LogP contribution in [0.15, 0.2) is 49.8 Å². The van der Waals surface area contributed by atoms with Gasteiger partial charge in [-0.3, -0.25) is 0 Å². The van der Waals surface area contributed by atoms with Gasteiger partial charge in [0.2, 0.25) is 0 Å². The maximum Gasteiger partial charge on any atom is 0.0563 e. The van der Waals surface area contributed by atoms with Gasteiger partial charge in [0.05, 0.1) is 6.04 Å². The molecule has 0 aliphatic carbocycles. The van der Waals surface area contributed by atoms with Gasteiger partial charge in [0.25, 0.3) is 0 Å². The van der Waals surface area contributed by atoms with Crippen LogP contribution in [0.3, 0.4) is 0 Å². The highest BCUT2D eigenvalue weighted by molar-refractivity contribution is 9.11. The van der Waals surface area contributed by atoms with E-state index in [1.807, 2.05) is 18.2 Å². The third-order valence-corrected chi connectivity index (χ3v) is 4.39. The molecule has 0 aromatic heterocycles. The first kappa shape index (κ1) is 14.3. The van der Waals surface area contributed by atoms with Crippen LogP contribution in [0.25, 0.3) is 0 Å². The Balaban J connectivity index is 2.47. The molecule has 0 bridgehead atoms. The van der Waals surface area contributed by atoms with E-state index in [4.69, 9.17) is 5.73 Å². The number of rotatable bonds is 2. The lowest BCUT2D eigenvalue weighted by Crippen LogP contribution is -2.12. The van der Waals surface area contributed by atoms with E-state index in [9.17, 15) is 0 Å². The van der Waals surface area contributed by atoms with E-state index in [0.29, 0.717) is 0 Å². The Morgan fingerprint density at radius 3 is 2.33 bits per heavy atom. The first-order valence-corrected chi connectivity index (χ1v) is 7.83. The van der Waals surface area contributed by atoms with Crippen molar-refractivity contribution < 1.29 is 0 Å². The van der Waals surface area contributed by atoms with Crippen LogP contribution >= 0.6 is 47.8 Å². The first-order chi connectivity index (χ1) is 8.47. The topological polar surface area (TPSA) is 26.0 Å². The zero-order valence-corrected chi connectivity index (χ0v) is 14.5. The molecule has 0 fully saturated rings. The van der Waals surface area contributed by atoms with Crippen molar-refractivity contribution in [3.05, 3.63) is 66.5 Å². The van der Waals surface area contributed by atoms with E-state index in [-0.39, 0.29) is 6.04 Å². The van der Waals surface area contributed by atoms with Gasteiger partial charge < -0.3 is 5.73 Å². The molecule has 0 saturated heterocycles. The summed E-state index contributed by atoms with van der Waals surface area (Å²) < 4.78 is 3.11. The molecule has 1 nitrogen and oxygen atoms in total. The van der Waals surface area contributed by atoms with Crippen molar-refractivity contribution in [1.29, 1.82) is 0 Å². The fourth-order valence-electron chi connectivity index (χ4n) is 1.88. The molecule has 1 unspecified atom stereocenters. The molecule has 2 aromatic rings. The quantitative estimate of drug-likeness (QED) is 0.680. The van der Waals surface area contributed by atoms with Gasteiger partial charge in [-0.2, -0.15) is 0 Å². The fraction of sp³-hybridized carbons (Fsp3) is 0.143. The van der Waals surface area contributed by atoms with Crippen molar-refractivity contribution in [2.45, 2.75) is 13.0 Å². The molecule has 0 aliphatic heterocycles. The molecule has 0 aliphatic rings. The highest BCUT2D eigenvalue weighted by Gasteiger charge is 2.13. The predicted octanol–water partition coefficient (Wildman–Crippen LogP) is 5.33. The summed E-state index contributed by atoms with van der Waals surface area (Å²) in [6.45, 7) is 2.07. The maximum absolute atomic E-state index is 6.35. The number of benzene rings is 2. The predicted molar refractivity (Wildman–Crippen MR) is 86.8 cm³/mol. The molecule has 0 spiro atoms. The fourth-order valence-corrected chi connectivity index (χ4v) is 3.37. The molecule has 18 heavy (non-hydrogen) atoms. The zero-order chi connectivity index (χ0) is 13.3. The summed E-state index contributed by atoms with van der Waals surface area (Å²) in [5.74, 6) is 0. The third-order valence-electron chi connectivity index (χ3n) is 2.72. The van der Waals surface area contributed by atoms with Crippen LogP contribution in [0.4, 0.5) is 0 Å². The molecule has 94 valence electrons. The maximum atomic E-state index is 6.35. The molecule has 0 radical (unpaired) electrons. The second-order valence-electron chi connectivity index (χ2n) is 4.21. The van der Waals surface area contributed by atoms with Gasteiger partial charge in [0.1, 0.15) is 0 Å². The minimum atomic E-state index is -0.145. The number of halogens is 3. The van der Waals surface area contributed by atoms with E-state index in [0.717, 1.165) is 24.5 Å². The summed E-state index contributed by atoms with van der Waals surface area (Å²) in [4.78, 5) is 0. The Labute approximate surface area is 132 Å². The van der Waals surface area contributed by atoms with Crippen LogP contribution in [0, 0.1) is 6.92 Å². The van der Waals surface area contributed by atoms with Gasteiger partial charge in [-0.05, 0) is 53.9 Å². The highest BCUT2D eigenvalue weighted by Crippen LogP contribution is 2.31. The van der Waals surface area contributed by atoms with E-state index in [1.165, 1.54) is 5.56 Å².